The molecule has 0 heterocycles. The SMILES string of the molecule is CCCN(C(C)C)C(C)c1ccc(F)cc1O. The molecule has 0 aliphatic carbocycles. The Morgan fingerprint density at radius 2 is 1.94 bits per heavy atom. The van der Waals surface area contributed by atoms with E-state index in [4.69, 9.17) is 0 Å². The lowest BCUT2D eigenvalue weighted by molar-refractivity contribution is 0.162. The standard InChI is InChI=1S/C14H22FNO/c1-5-8-16(10(2)3)11(4)13-7-6-12(15)9-14(13)17/h6-7,9-11,17H,5,8H2,1-4H3. The van der Waals surface area contributed by atoms with E-state index in [1.165, 1.54) is 12.1 Å². The molecule has 0 radical (unpaired) electrons. The number of rotatable bonds is 5. The summed E-state index contributed by atoms with van der Waals surface area (Å²) in [6, 6.07) is 4.73. The number of phenolic OH excluding ortho intramolecular Hbond substituents is 1. The van der Waals surface area contributed by atoms with Crippen LogP contribution in [0.4, 0.5) is 4.39 Å². The molecule has 17 heavy (non-hydrogen) atoms. The fourth-order valence-electron chi connectivity index (χ4n) is 2.21. The van der Waals surface area contributed by atoms with Crippen molar-refractivity contribution in [2.75, 3.05) is 6.54 Å². The largest absolute Gasteiger partial charge is 0.508 e. The Hall–Kier alpha value is -1.09. The Balaban J connectivity index is 2.96. The van der Waals surface area contributed by atoms with E-state index in [2.05, 4.69) is 25.7 Å². The molecule has 1 rings (SSSR count). The molecule has 3 heteroatoms. The summed E-state index contributed by atoms with van der Waals surface area (Å²) in [6.07, 6.45) is 1.06. The topological polar surface area (TPSA) is 23.5 Å². The van der Waals surface area contributed by atoms with Crippen molar-refractivity contribution < 1.29 is 9.50 Å². The first-order chi connectivity index (χ1) is 7.97. The van der Waals surface area contributed by atoms with E-state index in [1.807, 2.05) is 6.92 Å². The van der Waals surface area contributed by atoms with Crippen LogP contribution in [-0.4, -0.2) is 22.6 Å². The molecular formula is C14H22FNO. The van der Waals surface area contributed by atoms with Crippen LogP contribution in [0.5, 0.6) is 5.75 Å². The molecular weight excluding hydrogens is 217 g/mol. The van der Waals surface area contributed by atoms with E-state index in [0.29, 0.717) is 6.04 Å². The summed E-state index contributed by atoms with van der Waals surface area (Å²) in [7, 11) is 0. The van der Waals surface area contributed by atoms with Gasteiger partial charge in [-0.25, -0.2) is 4.39 Å². The molecule has 1 unspecified atom stereocenters. The van der Waals surface area contributed by atoms with E-state index in [1.54, 1.807) is 6.07 Å². The highest BCUT2D eigenvalue weighted by atomic mass is 19.1. The van der Waals surface area contributed by atoms with Gasteiger partial charge in [0.15, 0.2) is 0 Å². The minimum atomic E-state index is -0.398. The maximum atomic E-state index is 12.9. The molecule has 0 aliphatic heterocycles. The van der Waals surface area contributed by atoms with Gasteiger partial charge in [-0.15, -0.1) is 0 Å². The van der Waals surface area contributed by atoms with Gasteiger partial charge in [-0.3, -0.25) is 4.90 Å². The van der Waals surface area contributed by atoms with Crippen molar-refractivity contribution in [1.82, 2.24) is 4.90 Å². The monoisotopic (exact) mass is 239 g/mol. The van der Waals surface area contributed by atoms with Gasteiger partial charge in [-0.05, 0) is 39.8 Å². The summed E-state index contributed by atoms with van der Waals surface area (Å²) in [5.41, 5.74) is 0.786. The Morgan fingerprint density at radius 3 is 2.41 bits per heavy atom. The summed E-state index contributed by atoms with van der Waals surface area (Å²) in [5, 5.41) is 9.79. The van der Waals surface area contributed by atoms with Gasteiger partial charge in [0.25, 0.3) is 0 Å². The number of aromatic hydroxyl groups is 1. The first-order valence-electron chi connectivity index (χ1n) is 6.21. The third kappa shape index (κ3) is 3.43. The van der Waals surface area contributed by atoms with Crippen LogP contribution in [-0.2, 0) is 0 Å². The fourth-order valence-corrected chi connectivity index (χ4v) is 2.21. The predicted octanol–water partition coefficient (Wildman–Crippen LogP) is 3.71. The summed E-state index contributed by atoms with van der Waals surface area (Å²) >= 11 is 0. The maximum absolute atomic E-state index is 12.9. The molecule has 1 aromatic carbocycles. The Labute approximate surface area is 103 Å². The summed E-state index contributed by atoms with van der Waals surface area (Å²) in [5.74, 6) is -0.357. The molecule has 0 saturated carbocycles. The average molecular weight is 239 g/mol. The van der Waals surface area contributed by atoms with Crippen LogP contribution < -0.4 is 0 Å². The third-order valence-electron chi connectivity index (χ3n) is 3.09. The van der Waals surface area contributed by atoms with Crippen molar-refractivity contribution in [3.63, 3.8) is 0 Å². The molecule has 2 nitrogen and oxygen atoms in total. The number of hydrogen-bond acceptors (Lipinski definition) is 2. The van der Waals surface area contributed by atoms with Crippen LogP contribution in [0.15, 0.2) is 18.2 Å². The van der Waals surface area contributed by atoms with Crippen molar-refractivity contribution in [2.45, 2.75) is 46.2 Å². The molecule has 0 aromatic heterocycles. The summed E-state index contributed by atoms with van der Waals surface area (Å²) < 4.78 is 12.9. The van der Waals surface area contributed by atoms with Gasteiger partial charge >= 0.3 is 0 Å². The lowest BCUT2D eigenvalue weighted by atomic mass is 10.0. The summed E-state index contributed by atoms with van der Waals surface area (Å²) in [4.78, 5) is 2.30. The molecule has 0 aliphatic rings. The second kappa shape index (κ2) is 6.01. The molecule has 1 N–H and O–H groups in total. The van der Waals surface area contributed by atoms with Crippen LogP contribution in [0.25, 0.3) is 0 Å². The first kappa shape index (κ1) is 14.0. The Morgan fingerprint density at radius 1 is 1.29 bits per heavy atom. The number of halogens is 1. The molecule has 0 fully saturated rings. The zero-order valence-corrected chi connectivity index (χ0v) is 11.1. The number of hydrogen-bond donors (Lipinski definition) is 1. The third-order valence-corrected chi connectivity index (χ3v) is 3.09. The van der Waals surface area contributed by atoms with Gasteiger partial charge in [-0.1, -0.05) is 13.0 Å². The molecule has 1 atom stereocenters. The lowest BCUT2D eigenvalue weighted by Gasteiger charge is -2.33. The van der Waals surface area contributed by atoms with Crippen molar-refractivity contribution >= 4 is 0 Å². The highest BCUT2D eigenvalue weighted by molar-refractivity contribution is 5.35. The molecule has 1 aromatic rings. The number of phenols is 1. The predicted molar refractivity (Wildman–Crippen MR) is 68.6 cm³/mol. The van der Waals surface area contributed by atoms with E-state index in [-0.39, 0.29) is 11.8 Å². The van der Waals surface area contributed by atoms with Gasteiger partial charge < -0.3 is 5.11 Å². The second-order valence-corrected chi connectivity index (χ2v) is 4.71. The van der Waals surface area contributed by atoms with Crippen LogP contribution >= 0.6 is 0 Å². The minimum Gasteiger partial charge on any atom is -0.508 e. The van der Waals surface area contributed by atoms with E-state index < -0.39 is 5.82 Å². The van der Waals surface area contributed by atoms with Crippen LogP contribution in [0, 0.1) is 5.82 Å². The first-order valence-corrected chi connectivity index (χ1v) is 6.21. The minimum absolute atomic E-state index is 0.0410. The fraction of sp³-hybridized carbons (Fsp3) is 0.571. The average Bonchev–Trinajstić information content (AvgIpc) is 2.24. The second-order valence-electron chi connectivity index (χ2n) is 4.71. The van der Waals surface area contributed by atoms with Gasteiger partial charge in [-0.2, -0.15) is 0 Å². The normalized spacial score (nSPS) is 13.4. The Kier molecular flexibility index (Phi) is 4.94. The van der Waals surface area contributed by atoms with E-state index >= 15 is 0 Å². The van der Waals surface area contributed by atoms with Crippen molar-refractivity contribution in [2.24, 2.45) is 0 Å². The van der Waals surface area contributed by atoms with E-state index in [0.717, 1.165) is 18.5 Å². The molecule has 0 spiro atoms. The highest BCUT2D eigenvalue weighted by Gasteiger charge is 2.20. The quantitative estimate of drug-likeness (QED) is 0.846. The van der Waals surface area contributed by atoms with Gasteiger partial charge in [0.2, 0.25) is 0 Å². The molecule has 0 saturated heterocycles. The Bertz CT molecular complexity index is 365. The molecule has 0 bridgehead atoms. The van der Waals surface area contributed by atoms with Crippen LogP contribution in [0.3, 0.4) is 0 Å². The highest BCUT2D eigenvalue weighted by Crippen LogP contribution is 2.30. The zero-order valence-electron chi connectivity index (χ0n) is 11.1. The van der Waals surface area contributed by atoms with Gasteiger partial charge in [0.1, 0.15) is 11.6 Å². The smallest absolute Gasteiger partial charge is 0.126 e. The van der Waals surface area contributed by atoms with Gasteiger partial charge in [0.05, 0.1) is 0 Å². The maximum Gasteiger partial charge on any atom is 0.126 e. The number of nitrogens with zero attached hydrogens (tertiary/aromatic N) is 1. The zero-order chi connectivity index (χ0) is 13.0. The summed E-state index contributed by atoms with van der Waals surface area (Å²) in [6.45, 7) is 9.41. The van der Waals surface area contributed by atoms with Crippen molar-refractivity contribution in [3.8, 4) is 5.75 Å². The van der Waals surface area contributed by atoms with Crippen LogP contribution in [0.2, 0.25) is 0 Å². The molecule has 0 amide bonds. The molecule has 96 valence electrons. The number of benzene rings is 1. The van der Waals surface area contributed by atoms with Crippen LogP contribution in [0.1, 0.15) is 45.7 Å². The van der Waals surface area contributed by atoms with Gasteiger partial charge in [0, 0.05) is 23.7 Å². The van der Waals surface area contributed by atoms with Crippen molar-refractivity contribution in [3.05, 3.63) is 29.6 Å². The lowest BCUT2D eigenvalue weighted by Crippen LogP contribution is -2.34. The van der Waals surface area contributed by atoms with E-state index in [9.17, 15) is 9.50 Å². The van der Waals surface area contributed by atoms with Crippen molar-refractivity contribution in [1.29, 1.82) is 0 Å².